The van der Waals surface area contributed by atoms with E-state index in [1.807, 2.05) is 39.8 Å². The first-order chi connectivity index (χ1) is 18.3. The lowest BCUT2D eigenvalue weighted by Crippen LogP contribution is -2.60. The average Bonchev–Trinajstić information content (AvgIpc) is 3.54. The van der Waals surface area contributed by atoms with Gasteiger partial charge in [-0.05, 0) is 62.8 Å². The van der Waals surface area contributed by atoms with Crippen LogP contribution < -0.4 is 5.32 Å². The highest BCUT2D eigenvalue weighted by atomic mass is 19.3. The molecule has 2 amide bonds. The Morgan fingerprint density at radius 3 is 2.41 bits per heavy atom. The second kappa shape index (κ2) is 10.9. The van der Waals surface area contributed by atoms with E-state index in [1.54, 1.807) is 12.1 Å². The van der Waals surface area contributed by atoms with Gasteiger partial charge in [0.25, 0.3) is 11.8 Å². The van der Waals surface area contributed by atoms with E-state index >= 15 is 8.78 Å². The van der Waals surface area contributed by atoms with Crippen LogP contribution in [0.1, 0.15) is 61.9 Å². The Balaban J connectivity index is 1.72. The standard InChI is InChI=1S/C28H36F2N6O3/c1-16(15-37)36(26(39)22-10-13-31-35-22)24(21-14-27(4,5)11-12-28(21,29)30)25(38)32-20-8-6-19(7-9-20)23-17(2)33-34-18(23)3/h6-10,13,16,21,24,37H,11-12,14-15H2,1-5H3,(H,31,35)(H,32,38)(H,33,34)/t16?,21-,24-/m0/s1. The van der Waals surface area contributed by atoms with Gasteiger partial charge in [0.2, 0.25) is 5.91 Å². The molecule has 3 atom stereocenters. The van der Waals surface area contributed by atoms with Crippen molar-refractivity contribution >= 4 is 17.5 Å². The minimum atomic E-state index is -3.20. The zero-order valence-electron chi connectivity index (χ0n) is 22.9. The summed E-state index contributed by atoms with van der Waals surface area (Å²) in [4.78, 5) is 28.6. The monoisotopic (exact) mass is 542 g/mol. The molecular formula is C28H36F2N6O3. The molecule has 11 heteroatoms. The van der Waals surface area contributed by atoms with Crippen molar-refractivity contribution in [1.29, 1.82) is 0 Å². The number of aromatic amines is 2. The molecule has 39 heavy (non-hydrogen) atoms. The number of H-pyrrole nitrogens is 2. The Bertz CT molecular complexity index is 1280. The quantitative estimate of drug-likeness (QED) is 0.328. The van der Waals surface area contributed by atoms with Gasteiger partial charge in [-0.1, -0.05) is 26.0 Å². The molecule has 2 aromatic heterocycles. The normalized spacial score (nSPS) is 19.7. The molecule has 9 nitrogen and oxygen atoms in total. The molecule has 1 aliphatic rings. The second-order valence-corrected chi connectivity index (χ2v) is 11.3. The molecule has 210 valence electrons. The highest BCUT2D eigenvalue weighted by Crippen LogP contribution is 2.49. The van der Waals surface area contributed by atoms with Crippen LogP contribution in [0.4, 0.5) is 14.5 Å². The van der Waals surface area contributed by atoms with E-state index < -0.39 is 54.2 Å². The molecule has 1 fully saturated rings. The third-order valence-electron chi connectivity index (χ3n) is 7.67. The van der Waals surface area contributed by atoms with Gasteiger partial charge in [0.15, 0.2) is 0 Å². The zero-order valence-corrected chi connectivity index (χ0v) is 22.9. The molecule has 0 aliphatic heterocycles. The predicted molar refractivity (Wildman–Crippen MR) is 143 cm³/mol. The molecule has 2 heterocycles. The minimum absolute atomic E-state index is 0.0287. The number of carbonyl (C=O) groups is 2. The Morgan fingerprint density at radius 2 is 1.85 bits per heavy atom. The van der Waals surface area contributed by atoms with Crippen LogP contribution in [-0.4, -0.2) is 66.8 Å². The fourth-order valence-corrected chi connectivity index (χ4v) is 5.50. The molecule has 0 spiro atoms. The number of rotatable bonds is 8. The number of benzene rings is 1. The maximum absolute atomic E-state index is 15.6. The van der Waals surface area contributed by atoms with E-state index in [4.69, 9.17) is 0 Å². The molecule has 1 aromatic carbocycles. The highest BCUT2D eigenvalue weighted by Gasteiger charge is 2.55. The fraction of sp³-hybridized carbons (Fsp3) is 0.500. The number of nitrogens with zero attached hydrogens (tertiary/aromatic N) is 3. The van der Waals surface area contributed by atoms with Gasteiger partial charge in [-0.2, -0.15) is 10.2 Å². The molecule has 0 radical (unpaired) electrons. The zero-order chi connectivity index (χ0) is 28.5. The van der Waals surface area contributed by atoms with Gasteiger partial charge >= 0.3 is 0 Å². The molecule has 1 unspecified atom stereocenters. The van der Waals surface area contributed by atoms with Crippen molar-refractivity contribution in [2.45, 2.75) is 71.9 Å². The summed E-state index contributed by atoms with van der Waals surface area (Å²) in [5, 5.41) is 26.3. The molecule has 0 saturated heterocycles. The van der Waals surface area contributed by atoms with Gasteiger partial charge in [0.1, 0.15) is 11.7 Å². The van der Waals surface area contributed by atoms with Gasteiger partial charge in [-0.3, -0.25) is 19.8 Å². The lowest BCUT2D eigenvalue weighted by Gasteiger charge is -2.47. The third kappa shape index (κ3) is 5.88. The first kappa shape index (κ1) is 28.4. The number of aliphatic hydroxyl groups is 1. The van der Waals surface area contributed by atoms with E-state index in [1.165, 1.54) is 19.2 Å². The smallest absolute Gasteiger partial charge is 0.272 e. The Hall–Kier alpha value is -3.60. The van der Waals surface area contributed by atoms with Crippen LogP contribution in [0.3, 0.4) is 0 Å². The summed E-state index contributed by atoms with van der Waals surface area (Å²) < 4.78 is 31.1. The molecule has 1 saturated carbocycles. The summed E-state index contributed by atoms with van der Waals surface area (Å²) in [6.45, 7) is 8.60. The van der Waals surface area contributed by atoms with Crippen molar-refractivity contribution in [2.24, 2.45) is 11.3 Å². The summed E-state index contributed by atoms with van der Waals surface area (Å²) in [7, 11) is 0. The van der Waals surface area contributed by atoms with Gasteiger partial charge in [0, 0.05) is 29.6 Å². The number of aliphatic hydroxyl groups excluding tert-OH is 1. The molecule has 4 rings (SSSR count). The number of anilines is 1. The third-order valence-corrected chi connectivity index (χ3v) is 7.67. The largest absolute Gasteiger partial charge is 0.394 e. The topological polar surface area (TPSA) is 127 Å². The van der Waals surface area contributed by atoms with Gasteiger partial charge in [-0.25, -0.2) is 8.78 Å². The van der Waals surface area contributed by atoms with Crippen LogP contribution in [-0.2, 0) is 4.79 Å². The molecule has 4 N–H and O–H groups in total. The summed E-state index contributed by atoms with van der Waals surface area (Å²) in [6, 6.07) is 5.97. The van der Waals surface area contributed by atoms with Crippen LogP contribution in [0.25, 0.3) is 11.1 Å². The van der Waals surface area contributed by atoms with Crippen LogP contribution in [0.15, 0.2) is 36.5 Å². The van der Waals surface area contributed by atoms with E-state index in [0.29, 0.717) is 12.1 Å². The van der Waals surface area contributed by atoms with E-state index in [2.05, 4.69) is 25.7 Å². The Kier molecular flexibility index (Phi) is 7.92. The van der Waals surface area contributed by atoms with Crippen LogP contribution in [0.2, 0.25) is 0 Å². The SMILES string of the molecule is Cc1n[nH]c(C)c1-c1ccc(NC(=O)[C@H]([C@@H]2CC(C)(C)CCC2(F)F)N(C(=O)c2ccn[nH]2)C(C)CO)cc1. The Labute approximate surface area is 226 Å². The average molecular weight is 543 g/mol. The number of alkyl halides is 2. The van der Waals surface area contributed by atoms with E-state index in [-0.39, 0.29) is 12.1 Å². The van der Waals surface area contributed by atoms with Crippen LogP contribution >= 0.6 is 0 Å². The fourth-order valence-electron chi connectivity index (χ4n) is 5.50. The van der Waals surface area contributed by atoms with Crippen molar-refractivity contribution in [3.63, 3.8) is 0 Å². The van der Waals surface area contributed by atoms with Crippen molar-refractivity contribution in [3.05, 3.63) is 53.6 Å². The predicted octanol–water partition coefficient (Wildman–Crippen LogP) is 4.71. The number of amides is 2. The van der Waals surface area contributed by atoms with Crippen molar-refractivity contribution in [3.8, 4) is 11.1 Å². The minimum Gasteiger partial charge on any atom is -0.394 e. The van der Waals surface area contributed by atoms with Gasteiger partial charge in [0.05, 0.1) is 24.3 Å². The lowest BCUT2D eigenvalue weighted by molar-refractivity contribution is -0.152. The van der Waals surface area contributed by atoms with E-state index in [9.17, 15) is 14.7 Å². The summed E-state index contributed by atoms with van der Waals surface area (Å²) in [5.74, 6) is -6.08. The number of hydrogen-bond acceptors (Lipinski definition) is 5. The van der Waals surface area contributed by atoms with Gasteiger partial charge in [-0.15, -0.1) is 0 Å². The maximum atomic E-state index is 15.6. The number of aryl methyl sites for hydroxylation is 2. The molecule has 0 bridgehead atoms. The highest BCUT2D eigenvalue weighted by molar-refractivity contribution is 6.01. The molecule has 1 aliphatic carbocycles. The molecular weight excluding hydrogens is 506 g/mol. The number of hydrogen-bond donors (Lipinski definition) is 4. The number of nitrogens with one attached hydrogen (secondary N) is 3. The van der Waals surface area contributed by atoms with Crippen molar-refractivity contribution < 1.29 is 23.5 Å². The van der Waals surface area contributed by atoms with Crippen molar-refractivity contribution in [2.75, 3.05) is 11.9 Å². The summed E-state index contributed by atoms with van der Waals surface area (Å²) >= 11 is 0. The summed E-state index contributed by atoms with van der Waals surface area (Å²) in [5.41, 5.74) is 3.55. The first-order valence-corrected chi connectivity index (χ1v) is 13.1. The first-order valence-electron chi connectivity index (χ1n) is 13.1. The molecule has 3 aromatic rings. The summed E-state index contributed by atoms with van der Waals surface area (Å²) in [6.07, 6.45) is 1.30. The van der Waals surface area contributed by atoms with Gasteiger partial charge < -0.3 is 15.3 Å². The van der Waals surface area contributed by atoms with Crippen LogP contribution in [0.5, 0.6) is 0 Å². The van der Waals surface area contributed by atoms with Crippen LogP contribution in [0, 0.1) is 25.2 Å². The maximum Gasteiger partial charge on any atom is 0.272 e. The lowest BCUT2D eigenvalue weighted by atomic mass is 9.67. The van der Waals surface area contributed by atoms with Crippen molar-refractivity contribution in [1.82, 2.24) is 25.3 Å². The number of halogens is 2. The Morgan fingerprint density at radius 1 is 1.15 bits per heavy atom. The van der Waals surface area contributed by atoms with E-state index in [0.717, 1.165) is 27.4 Å². The number of aromatic nitrogens is 4. The number of carbonyl (C=O) groups excluding carboxylic acids is 2. The second-order valence-electron chi connectivity index (χ2n) is 11.3.